The topological polar surface area (TPSA) is 98.9 Å². The number of aromatic carboxylic acids is 1. The molecule has 200 valence electrons. The molecule has 0 aliphatic carbocycles. The maximum atomic E-state index is 13.8. The Kier molecular flexibility index (Phi) is 6.73. The van der Waals surface area contributed by atoms with Crippen LogP contribution in [0, 0.1) is 0 Å². The van der Waals surface area contributed by atoms with Crippen molar-refractivity contribution in [2.24, 2.45) is 0 Å². The van der Waals surface area contributed by atoms with E-state index in [1.54, 1.807) is 24.3 Å². The second-order valence-electron chi connectivity index (χ2n) is 9.12. The SMILES string of the molecule is O=C(O)c1ccc(N2CCN(C(=O)c3cc(-n4cc(-c5cccc(O)c5)cn4)cc(C(F)(F)F)c3)CC2)cc1. The fourth-order valence-electron chi connectivity index (χ4n) is 4.49. The molecular formula is C28H23F3N4O4. The molecule has 8 nitrogen and oxygen atoms in total. The predicted octanol–water partition coefficient (Wildman–Crippen LogP) is 4.92. The Morgan fingerprint density at radius 2 is 1.54 bits per heavy atom. The molecule has 0 bridgehead atoms. The summed E-state index contributed by atoms with van der Waals surface area (Å²) in [6.07, 6.45) is -1.67. The summed E-state index contributed by atoms with van der Waals surface area (Å²) in [5.41, 5.74) is 1.21. The lowest BCUT2D eigenvalue weighted by Gasteiger charge is -2.36. The number of carbonyl (C=O) groups is 2. The molecule has 4 aromatic rings. The minimum Gasteiger partial charge on any atom is -0.508 e. The number of nitrogens with zero attached hydrogens (tertiary/aromatic N) is 4. The average molecular weight is 537 g/mol. The van der Waals surface area contributed by atoms with Gasteiger partial charge in [0.05, 0.1) is 23.0 Å². The standard InChI is InChI=1S/C28H23F3N4O4/c29-28(30,31)22-12-20(13-24(15-22)35-17-21(16-32-35)19-2-1-3-25(36)14-19)26(37)34-10-8-33(9-11-34)23-6-4-18(5-7-23)27(38)39/h1-7,12-17,36H,8-11H2,(H,38,39). The maximum absolute atomic E-state index is 13.8. The zero-order valence-corrected chi connectivity index (χ0v) is 20.5. The van der Waals surface area contributed by atoms with Crippen LogP contribution in [0.15, 0.2) is 79.1 Å². The third kappa shape index (κ3) is 5.57. The van der Waals surface area contributed by atoms with Crippen LogP contribution in [0.3, 0.4) is 0 Å². The molecule has 1 aromatic heterocycles. The lowest BCUT2D eigenvalue weighted by atomic mass is 10.1. The summed E-state index contributed by atoms with van der Waals surface area (Å²) in [5, 5.41) is 23.0. The van der Waals surface area contributed by atoms with Crippen molar-refractivity contribution in [1.82, 2.24) is 14.7 Å². The largest absolute Gasteiger partial charge is 0.508 e. The van der Waals surface area contributed by atoms with Gasteiger partial charge in [0.15, 0.2) is 0 Å². The Labute approximate surface area is 221 Å². The first-order valence-electron chi connectivity index (χ1n) is 12.0. The fraction of sp³-hybridized carbons (Fsp3) is 0.179. The smallest absolute Gasteiger partial charge is 0.416 e. The number of hydrogen-bond donors (Lipinski definition) is 2. The van der Waals surface area contributed by atoms with Crippen LogP contribution in [-0.2, 0) is 6.18 Å². The molecule has 0 unspecified atom stereocenters. The molecule has 11 heteroatoms. The van der Waals surface area contributed by atoms with Crippen molar-refractivity contribution in [1.29, 1.82) is 0 Å². The Morgan fingerprint density at radius 1 is 0.821 bits per heavy atom. The third-order valence-corrected chi connectivity index (χ3v) is 6.56. The molecule has 5 rings (SSSR count). The fourth-order valence-corrected chi connectivity index (χ4v) is 4.49. The normalized spacial score (nSPS) is 13.9. The number of rotatable bonds is 5. The highest BCUT2D eigenvalue weighted by Gasteiger charge is 2.33. The number of phenolic OH excluding ortho intramolecular Hbond substituents is 1. The number of alkyl halides is 3. The number of aromatic hydroxyl groups is 1. The highest BCUT2D eigenvalue weighted by molar-refractivity contribution is 5.95. The number of carboxylic acid groups (broad SMARTS) is 1. The molecule has 0 spiro atoms. The molecule has 1 fully saturated rings. The van der Waals surface area contributed by atoms with E-state index in [0.29, 0.717) is 24.2 Å². The summed E-state index contributed by atoms with van der Waals surface area (Å²) in [6.45, 7) is 1.45. The first-order chi connectivity index (χ1) is 18.6. The van der Waals surface area contributed by atoms with Crippen molar-refractivity contribution in [2.45, 2.75) is 6.18 Å². The first-order valence-corrected chi connectivity index (χ1v) is 12.0. The zero-order chi connectivity index (χ0) is 27.7. The van der Waals surface area contributed by atoms with Gasteiger partial charge in [-0.1, -0.05) is 12.1 Å². The molecule has 0 radical (unpaired) electrons. The van der Waals surface area contributed by atoms with Crippen LogP contribution in [0.5, 0.6) is 5.75 Å². The summed E-state index contributed by atoms with van der Waals surface area (Å²) < 4.78 is 42.6. The van der Waals surface area contributed by atoms with Gasteiger partial charge < -0.3 is 20.0 Å². The van der Waals surface area contributed by atoms with E-state index in [9.17, 15) is 27.9 Å². The average Bonchev–Trinajstić information content (AvgIpc) is 3.43. The van der Waals surface area contributed by atoms with Crippen molar-refractivity contribution in [2.75, 3.05) is 31.1 Å². The maximum Gasteiger partial charge on any atom is 0.416 e. The van der Waals surface area contributed by atoms with Crippen LogP contribution >= 0.6 is 0 Å². The van der Waals surface area contributed by atoms with Crippen LogP contribution in [0.4, 0.5) is 18.9 Å². The Morgan fingerprint density at radius 3 is 2.18 bits per heavy atom. The van der Waals surface area contributed by atoms with Gasteiger partial charge in [-0.15, -0.1) is 0 Å². The van der Waals surface area contributed by atoms with Crippen LogP contribution in [0.25, 0.3) is 16.8 Å². The van der Waals surface area contributed by atoms with Crippen molar-refractivity contribution < 1.29 is 33.0 Å². The van der Waals surface area contributed by atoms with Crippen molar-refractivity contribution in [3.63, 3.8) is 0 Å². The summed E-state index contributed by atoms with van der Waals surface area (Å²) >= 11 is 0. The minimum absolute atomic E-state index is 0.0459. The van der Waals surface area contributed by atoms with E-state index in [1.165, 1.54) is 52.3 Å². The van der Waals surface area contributed by atoms with Gasteiger partial charge in [-0.3, -0.25) is 4.79 Å². The summed E-state index contributed by atoms with van der Waals surface area (Å²) in [7, 11) is 0. The Balaban J connectivity index is 1.37. The van der Waals surface area contributed by atoms with E-state index < -0.39 is 23.6 Å². The van der Waals surface area contributed by atoms with Crippen LogP contribution in [0.1, 0.15) is 26.3 Å². The molecule has 0 saturated carbocycles. The van der Waals surface area contributed by atoms with Crippen molar-refractivity contribution >= 4 is 17.6 Å². The monoisotopic (exact) mass is 536 g/mol. The summed E-state index contributed by atoms with van der Waals surface area (Å²) in [4.78, 5) is 27.9. The van der Waals surface area contributed by atoms with Crippen molar-refractivity contribution in [3.8, 4) is 22.6 Å². The van der Waals surface area contributed by atoms with Gasteiger partial charge in [-0.05, 0) is 60.2 Å². The summed E-state index contributed by atoms with van der Waals surface area (Å²) in [5.74, 6) is -1.50. The van der Waals surface area contributed by atoms with Gasteiger partial charge in [0.25, 0.3) is 5.91 Å². The Bertz CT molecular complexity index is 1520. The number of amides is 1. The number of anilines is 1. The molecule has 2 heterocycles. The lowest BCUT2D eigenvalue weighted by Crippen LogP contribution is -2.48. The molecule has 1 aliphatic heterocycles. The van der Waals surface area contributed by atoms with Crippen molar-refractivity contribution in [3.05, 3.63) is 95.8 Å². The molecule has 39 heavy (non-hydrogen) atoms. The minimum atomic E-state index is -4.67. The predicted molar refractivity (Wildman–Crippen MR) is 137 cm³/mol. The van der Waals surface area contributed by atoms with Gasteiger partial charge in [-0.25, -0.2) is 9.48 Å². The highest BCUT2D eigenvalue weighted by atomic mass is 19.4. The lowest BCUT2D eigenvalue weighted by molar-refractivity contribution is -0.137. The van der Waals surface area contributed by atoms with Gasteiger partial charge in [0, 0.05) is 49.2 Å². The van der Waals surface area contributed by atoms with E-state index in [2.05, 4.69) is 5.10 Å². The number of aromatic nitrogens is 2. The highest BCUT2D eigenvalue weighted by Crippen LogP contribution is 2.33. The quantitative estimate of drug-likeness (QED) is 0.376. The van der Waals surface area contributed by atoms with Crippen LogP contribution in [0.2, 0.25) is 0 Å². The first kappa shape index (κ1) is 25.8. The third-order valence-electron chi connectivity index (χ3n) is 6.56. The molecular weight excluding hydrogens is 513 g/mol. The van der Waals surface area contributed by atoms with E-state index in [-0.39, 0.29) is 35.7 Å². The van der Waals surface area contributed by atoms with Gasteiger partial charge in [0.1, 0.15) is 5.75 Å². The number of phenols is 1. The van der Waals surface area contributed by atoms with E-state index in [1.807, 2.05) is 4.90 Å². The van der Waals surface area contributed by atoms with E-state index >= 15 is 0 Å². The number of piperazine rings is 1. The second kappa shape index (κ2) is 10.2. The Hall–Kier alpha value is -4.80. The second-order valence-corrected chi connectivity index (χ2v) is 9.12. The number of carboxylic acids is 1. The van der Waals surface area contributed by atoms with Crippen LogP contribution < -0.4 is 4.90 Å². The zero-order valence-electron chi connectivity index (χ0n) is 20.5. The van der Waals surface area contributed by atoms with E-state index in [0.717, 1.165) is 17.8 Å². The molecule has 1 aliphatic rings. The molecule has 1 saturated heterocycles. The summed E-state index contributed by atoms with van der Waals surface area (Å²) in [6, 6.07) is 16.0. The molecule has 2 N–H and O–H groups in total. The van der Waals surface area contributed by atoms with Crippen LogP contribution in [-0.4, -0.2) is 62.9 Å². The van der Waals surface area contributed by atoms with Gasteiger partial charge in [0.2, 0.25) is 0 Å². The number of benzene rings is 3. The molecule has 3 aromatic carbocycles. The van der Waals surface area contributed by atoms with Gasteiger partial charge in [-0.2, -0.15) is 18.3 Å². The van der Waals surface area contributed by atoms with Gasteiger partial charge >= 0.3 is 12.1 Å². The molecule has 0 atom stereocenters. The number of halogens is 3. The molecule has 1 amide bonds. The van der Waals surface area contributed by atoms with E-state index in [4.69, 9.17) is 5.11 Å². The number of carbonyl (C=O) groups excluding carboxylic acids is 1. The number of hydrogen-bond acceptors (Lipinski definition) is 5.